The molecule has 1 fully saturated rings. The zero-order valence-corrected chi connectivity index (χ0v) is 19.2. The number of amides is 3. The van der Waals surface area contributed by atoms with E-state index in [0.717, 1.165) is 10.5 Å². The van der Waals surface area contributed by atoms with Crippen molar-refractivity contribution >= 4 is 56.9 Å². The number of hydrogen-bond donors (Lipinski definition) is 1. The molecule has 0 atom stereocenters. The number of carbonyl (C=O) groups excluding carboxylic acids is 2. The van der Waals surface area contributed by atoms with Gasteiger partial charge in [-0.3, -0.25) is 14.9 Å². The van der Waals surface area contributed by atoms with Crippen molar-refractivity contribution in [2.75, 3.05) is 4.90 Å². The van der Waals surface area contributed by atoms with Gasteiger partial charge in [-0.25, -0.2) is 9.69 Å². The van der Waals surface area contributed by atoms with Crippen molar-refractivity contribution in [3.63, 3.8) is 0 Å². The Balaban J connectivity index is 1.46. The van der Waals surface area contributed by atoms with E-state index in [-0.39, 0.29) is 18.0 Å². The average Bonchev–Trinajstić information content (AvgIpc) is 3.07. The highest BCUT2D eigenvalue weighted by Gasteiger charge is 2.34. The lowest BCUT2D eigenvalue weighted by atomic mass is 10.1. The lowest BCUT2D eigenvalue weighted by Gasteiger charge is -2.11. The van der Waals surface area contributed by atoms with Crippen molar-refractivity contribution in [2.45, 2.75) is 6.61 Å². The fraction of sp³-hybridized carbons (Fsp3) is 0.0435. The summed E-state index contributed by atoms with van der Waals surface area (Å²) in [5.74, 6) is 0.0806. The minimum Gasteiger partial charge on any atom is -0.488 e. The van der Waals surface area contributed by atoms with Gasteiger partial charge in [0.25, 0.3) is 11.6 Å². The molecule has 0 bridgehead atoms. The van der Waals surface area contributed by atoms with Crippen molar-refractivity contribution in [1.82, 2.24) is 5.32 Å². The van der Waals surface area contributed by atoms with E-state index in [1.807, 2.05) is 0 Å². The van der Waals surface area contributed by atoms with Gasteiger partial charge in [-0.2, -0.15) is 0 Å². The van der Waals surface area contributed by atoms with Gasteiger partial charge in [0.05, 0.1) is 15.1 Å². The summed E-state index contributed by atoms with van der Waals surface area (Å²) in [4.78, 5) is 36.4. The maximum atomic E-state index is 12.7. The smallest absolute Gasteiger partial charge is 0.333 e. The van der Waals surface area contributed by atoms with Gasteiger partial charge in [-0.1, -0.05) is 17.7 Å². The van der Waals surface area contributed by atoms with E-state index in [9.17, 15) is 19.7 Å². The standard InChI is InChI=1S/C23H15BrClN3O5/c24-19-11-15(3-10-21(19)33-13-14-1-6-18(7-2-14)28(31)32)12-20-22(29)27(23(30)26-20)17-8-4-16(25)5-9-17/h1-12H,13H2,(H,26,30)/b20-12+. The Morgan fingerprint density at radius 1 is 1.06 bits per heavy atom. The summed E-state index contributed by atoms with van der Waals surface area (Å²) in [6.45, 7) is 0.224. The van der Waals surface area contributed by atoms with E-state index in [4.69, 9.17) is 16.3 Å². The minimum atomic E-state index is -0.546. The molecular weight excluding hydrogens is 514 g/mol. The van der Waals surface area contributed by atoms with Crippen LogP contribution in [0.5, 0.6) is 5.75 Å². The highest BCUT2D eigenvalue weighted by Crippen LogP contribution is 2.29. The van der Waals surface area contributed by atoms with E-state index in [1.54, 1.807) is 60.7 Å². The zero-order chi connectivity index (χ0) is 23.5. The summed E-state index contributed by atoms with van der Waals surface area (Å²) in [5, 5.41) is 13.8. The molecule has 33 heavy (non-hydrogen) atoms. The minimum absolute atomic E-state index is 0.0144. The van der Waals surface area contributed by atoms with Gasteiger partial charge in [-0.05, 0) is 81.7 Å². The quantitative estimate of drug-likeness (QED) is 0.192. The van der Waals surface area contributed by atoms with Crippen LogP contribution in [0.15, 0.2) is 76.9 Å². The number of carbonyl (C=O) groups is 2. The third kappa shape index (κ3) is 5.05. The number of hydrogen-bond acceptors (Lipinski definition) is 5. The van der Waals surface area contributed by atoms with Crippen molar-refractivity contribution in [3.8, 4) is 5.75 Å². The summed E-state index contributed by atoms with van der Waals surface area (Å²) < 4.78 is 6.42. The molecular formula is C23H15BrClN3O5. The molecule has 1 aliphatic heterocycles. The molecule has 1 heterocycles. The molecule has 8 nitrogen and oxygen atoms in total. The van der Waals surface area contributed by atoms with E-state index in [2.05, 4.69) is 21.2 Å². The van der Waals surface area contributed by atoms with Gasteiger partial charge in [-0.15, -0.1) is 0 Å². The Morgan fingerprint density at radius 2 is 1.76 bits per heavy atom. The van der Waals surface area contributed by atoms with E-state index in [0.29, 0.717) is 26.5 Å². The molecule has 0 saturated carbocycles. The lowest BCUT2D eigenvalue weighted by Crippen LogP contribution is -2.30. The zero-order valence-electron chi connectivity index (χ0n) is 16.8. The predicted octanol–water partition coefficient (Wildman–Crippen LogP) is 5.69. The van der Waals surface area contributed by atoms with E-state index in [1.165, 1.54) is 12.1 Å². The topological polar surface area (TPSA) is 102 Å². The third-order valence-corrected chi connectivity index (χ3v) is 5.64. The summed E-state index contributed by atoms with van der Waals surface area (Å²) in [6, 6.07) is 17.2. The molecule has 0 unspecified atom stereocenters. The number of urea groups is 1. The monoisotopic (exact) mass is 527 g/mol. The second-order valence-corrected chi connectivity index (χ2v) is 8.30. The van der Waals surface area contributed by atoms with Gasteiger partial charge in [0.15, 0.2) is 0 Å². The number of nitro groups is 1. The molecule has 3 amide bonds. The van der Waals surface area contributed by atoms with Crippen LogP contribution in [0.3, 0.4) is 0 Å². The Morgan fingerprint density at radius 3 is 2.39 bits per heavy atom. The highest BCUT2D eigenvalue weighted by atomic mass is 79.9. The molecule has 0 spiro atoms. The highest BCUT2D eigenvalue weighted by molar-refractivity contribution is 9.10. The van der Waals surface area contributed by atoms with Crippen LogP contribution in [0.4, 0.5) is 16.2 Å². The lowest BCUT2D eigenvalue weighted by molar-refractivity contribution is -0.384. The van der Waals surface area contributed by atoms with Crippen LogP contribution in [0.25, 0.3) is 6.08 Å². The summed E-state index contributed by atoms with van der Waals surface area (Å²) >= 11 is 9.32. The van der Waals surface area contributed by atoms with E-state index < -0.39 is 16.9 Å². The van der Waals surface area contributed by atoms with Crippen LogP contribution < -0.4 is 15.0 Å². The number of nitro benzene ring substituents is 1. The second kappa shape index (κ2) is 9.43. The molecule has 3 aromatic carbocycles. The number of nitrogens with zero attached hydrogens (tertiary/aromatic N) is 2. The number of rotatable bonds is 6. The molecule has 1 aliphatic rings. The Labute approximate surface area is 201 Å². The molecule has 0 aliphatic carbocycles. The van der Waals surface area contributed by atoms with Crippen LogP contribution in [0.1, 0.15) is 11.1 Å². The van der Waals surface area contributed by atoms with Gasteiger partial charge < -0.3 is 10.1 Å². The van der Waals surface area contributed by atoms with Gasteiger partial charge in [0.2, 0.25) is 0 Å². The number of imide groups is 1. The largest absolute Gasteiger partial charge is 0.488 e. The molecule has 166 valence electrons. The number of benzene rings is 3. The number of nitrogens with one attached hydrogen (secondary N) is 1. The fourth-order valence-electron chi connectivity index (χ4n) is 3.13. The molecule has 4 rings (SSSR count). The first-order chi connectivity index (χ1) is 15.8. The first-order valence-corrected chi connectivity index (χ1v) is 10.8. The van der Waals surface area contributed by atoms with Crippen LogP contribution >= 0.6 is 27.5 Å². The number of non-ortho nitro benzene ring substituents is 1. The third-order valence-electron chi connectivity index (χ3n) is 4.77. The molecule has 1 saturated heterocycles. The molecule has 3 aromatic rings. The molecule has 0 radical (unpaired) electrons. The molecule has 10 heteroatoms. The summed E-state index contributed by atoms with van der Waals surface area (Å²) in [7, 11) is 0. The van der Waals surface area contributed by atoms with Gasteiger partial charge in [0.1, 0.15) is 18.1 Å². The first-order valence-electron chi connectivity index (χ1n) is 9.60. The van der Waals surface area contributed by atoms with Crippen molar-refractivity contribution in [1.29, 1.82) is 0 Å². The van der Waals surface area contributed by atoms with Crippen molar-refractivity contribution < 1.29 is 19.2 Å². The maximum Gasteiger partial charge on any atom is 0.333 e. The SMILES string of the molecule is O=C1N/C(=C/c2ccc(OCc3ccc([N+](=O)[O-])cc3)c(Br)c2)C(=O)N1c1ccc(Cl)cc1. The van der Waals surface area contributed by atoms with Gasteiger partial charge in [0, 0.05) is 17.2 Å². The van der Waals surface area contributed by atoms with Crippen molar-refractivity contribution in [3.05, 3.63) is 103 Å². The summed E-state index contributed by atoms with van der Waals surface area (Å²) in [5.41, 5.74) is 2.02. The normalized spacial score (nSPS) is 14.5. The van der Waals surface area contributed by atoms with Crippen LogP contribution in [-0.4, -0.2) is 16.9 Å². The van der Waals surface area contributed by atoms with Gasteiger partial charge >= 0.3 is 6.03 Å². The van der Waals surface area contributed by atoms with Crippen LogP contribution in [0, 0.1) is 10.1 Å². The fourth-order valence-corrected chi connectivity index (χ4v) is 3.76. The van der Waals surface area contributed by atoms with Crippen LogP contribution in [-0.2, 0) is 11.4 Å². The van der Waals surface area contributed by atoms with Crippen LogP contribution in [0.2, 0.25) is 5.02 Å². The predicted molar refractivity (Wildman–Crippen MR) is 127 cm³/mol. The number of halogens is 2. The maximum absolute atomic E-state index is 12.7. The molecule has 0 aromatic heterocycles. The Bertz CT molecular complexity index is 1280. The Hall–Kier alpha value is -3.69. The van der Waals surface area contributed by atoms with E-state index >= 15 is 0 Å². The number of ether oxygens (including phenoxy) is 1. The average molecular weight is 529 g/mol. The molecule has 1 N–H and O–H groups in total. The summed E-state index contributed by atoms with van der Waals surface area (Å²) in [6.07, 6.45) is 1.57. The Kier molecular flexibility index (Phi) is 6.43. The number of anilines is 1. The first kappa shape index (κ1) is 22.5. The van der Waals surface area contributed by atoms with Crippen molar-refractivity contribution in [2.24, 2.45) is 0 Å². The second-order valence-electron chi connectivity index (χ2n) is 7.01.